The summed E-state index contributed by atoms with van der Waals surface area (Å²) >= 11 is 0. The first-order valence-corrected chi connectivity index (χ1v) is 9.96. The number of urea groups is 1. The number of amides is 2. The average molecular weight is 400 g/mol. The summed E-state index contributed by atoms with van der Waals surface area (Å²) in [6.45, 7) is 1.04. The molecule has 156 valence electrons. The van der Waals surface area contributed by atoms with E-state index in [0.717, 1.165) is 43.7 Å². The van der Waals surface area contributed by atoms with Crippen LogP contribution in [0.15, 0.2) is 35.1 Å². The Morgan fingerprint density at radius 2 is 2.07 bits per heavy atom. The van der Waals surface area contributed by atoms with E-state index >= 15 is 0 Å². The number of benzene rings is 1. The van der Waals surface area contributed by atoms with Crippen LogP contribution >= 0.6 is 0 Å². The van der Waals surface area contributed by atoms with Crippen LogP contribution < -0.4 is 20.1 Å². The molecule has 1 aromatic carbocycles. The Morgan fingerprint density at radius 3 is 2.79 bits per heavy atom. The molecule has 29 heavy (non-hydrogen) atoms. The van der Waals surface area contributed by atoms with Gasteiger partial charge in [-0.1, -0.05) is 11.2 Å². The number of aromatic nitrogens is 1. The predicted molar refractivity (Wildman–Crippen MR) is 109 cm³/mol. The zero-order valence-electron chi connectivity index (χ0n) is 17.1. The number of hydrogen-bond donors (Lipinski definition) is 2. The van der Waals surface area contributed by atoms with Gasteiger partial charge in [0.2, 0.25) is 0 Å². The van der Waals surface area contributed by atoms with Gasteiger partial charge in [0.15, 0.2) is 17.3 Å². The highest BCUT2D eigenvalue weighted by Gasteiger charge is 2.50. The number of carbonyl (C=O) groups is 1. The van der Waals surface area contributed by atoms with Gasteiger partial charge < -0.3 is 24.2 Å². The summed E-state index contributed by atoms with van der Waals surface area (Å²) in [6, 6.07) is 8.12. The largest absolute Gasteiger partial charge is 0.493 e. The number of rotatable bonds is 5. The topological polar surface area (TPSA) is 88.9 Å². The van der Waals surface area contributed by atoms with Crippen molar-refractivity contribution < 1.29 is 18.8 Å². The van der Waals surface area contributed by atoms with Gasteiger partial charge in [-0.15, -0.1) is 0 Å². The molecular formula is C21H28N4O4. The monoisotopic (exact) mass is 400 g/mol. The van der Waals surface area contributed by atoms with Crippen LogP contribution in [0.25, 0.3) is 0 Å². The standard InChI is InChI=1S/C21H28N4O4/c1-25-10-9-21(14-4-5-16(27-2)17(12-14)28-3)8-6-15(13-18(21)25)22-20(26)23-19-7-11-29-24-19/h4-5,7,11-12,15,18H,6,8-10,13H2,1-3H3,(H2,22,23,24,26)/t15-,18+,21-/m0/s1. The highest BCUT2D eigenvalue weighted by molar-refractivity contribution is 5.88. The first-order chi connectivity index (χ1) is 14.1. The lowest BCUT2D eigenvalue weighted by Crippen LogP contribution is -2.52. The first kappa shape index (κ1) is 19.6. The van der Waals surface area contributed by atoms with Crippen molar-refractivity contribution in [2.45, 2.75) is 43.2 Å². The second kappa shape index (κ2) is 7.94. The third kappa shape index (κ3) is 3.64. The van der Waals surface area contributed by atoms with Crippen molar-refractivity contribution in [3.8, 4) is 11.5 Å². The minimum Gasteiger partial charge on any atom is -0.493 e. The number of carbonyl (C=O) groups excluding carboxylic acids is 1. The number of ether oxygens (including phenoxy) is 2. The SMILES string of the molecule is COc1ccc([C@@]23CC[C@H](NC(=O)Nc4ccon4)C[C@H]2N(C)CC3)cc1OC. The molecule has 8 heteroatoms. The lowest BCUT2D eigenvalue weighted by Gasteiger charge is -2.45. The number of fused-ring (bicyclic) bond motifs is 1. The van der Waals surface area contributed by atoms with E-state index in [1.54, 1.807) is 20.3 Å². The molecule has 1 saturated heterocycles. The highest BCUT2D eigenvalue weighted by atomic mass is 16.5. The molecule has 2 N–H and O–H groups in total. The van der Waals surface area contributed by atoms with E-state index in [4.69, 9.17) is 14.0 Å². The number of likely N-dealkylation sites (N-methyl/N-ethyl adjacent to an activating group) is 1. The Labute approximate surface area is 170 Å². The zero-order chi connectivity index (χ0) is 20.4. The third-order valence-corrected chi connectivity index (χ3v) is 6.50. The van der Waals surface area contributed by atoms with E-state index in [2.05, 4.69) is 39.9 Å². The van der Waals surface area contributed by atoms with Gasteiger partial charge in [-0.25, -0.2) is 4.79 Å². The molecule has 2 amide bonds. The molecule has 0 spiro atoms. The van der Waals surface area contributed by atoms with Gasteiger partial charge in [-0.2, -0.15) is 0 Å². The Balaban J connectivity index is 1.50. The van der Waals surface area contributed by atoms with E-state index in [-0.39, 0.29) is 17.5 Å². The summed E-state index contributed by atoms with van der Waals surface area (Å²) in [4.78, 5) is 14.7. The molecule has 0 bridgehead atoms. The quantitative estimate of drug-likeness (QED) is 0.802. The lowest BCUT2D eigenvalue weighted by molar-refractivity contribution is 0.156. The lowest BCUT2D eigenvalue weighted by atomic mass is 9.65. The van der Waals surface area contributed by atoms with Gasteiger partial charge in [-0.3, -0.25) is 5.32 Å². The highest BCUT2D eigenvalue weighted by Crippen LogP contribution is 2.49. The van der Waals surface area contributed by atoms with E-state index < -0.39 is 0 Å². The fourth-order valence-corrected chi connectivity index (χ4v) is 5.01. The van der Waals surface area contributed by atoms with Crippen molar-refractivity contribution in [3.05, 3.63) is 36.1 Å². The van der Waals surface area contributed by atoms with Crippen molar-refractivity contribution in [2.24, 2.45) is 0 Å². The average Bonchev–Trinajstić information content (AvgIpc) is 3.36. The van der Waals surface area contributed by atoms with Gasteiger partial charge in [0.25, 0.3) is 0 Å². The van der Waals surface area contributed by atoms with Gasteiger partial charge in [-0.05, 0) is 57.0 Å². The molecule has 2 heterocycles. The maximum atomic E-state index is 12.3. The van der Waals surface area contributed by atoms with Crippen molar-refractivity contribution >= 4 is 11.8 Å². The number of anilines is 1. The molecule has 2 aliphatic rings. The summed E-state index contributed by atoms with van der Waals surface area (Å²) in [5.74, 6) is 1.92. The number of hydrogen-bond acceptors (Lipinski definition) is 6. The van der Waals surface area contributed by atoms with E-state index in [1.807, 2.05) is 6.07 Å². The Hall–Kier alpha value is -2.74. The maximum absolute atomic E-state index is 12.3. The third-order valence-electron chi connectivity index (χ3n) is 6.50. The number of likely N-dealkylation sites (tertiary alicyclic amines) is 1. The summed E-state index contributed by atoms with van der Waals surface area (Å²) in [5.41, 5.74) is 1.35. The molecule has 0 radical (unpaired) electrons. The molecule has 8 nitrogen and oxygen atoms in total. The minimum absolute atomic E-state index is 0.0646. The number of nitrogens with one attached hydrogen (secondary N) is 2. The molecule has 0 unspecified atom stereocenters. The normalized spacial score (nSPS) is 26.6. The molecule has 1 aliphatic heterocycles. The minimum atomic E-state index is -0.247. The Bertz CT molecular complexity index is 856. The first-order valence-electron chi connectivity index (χ1n) is 9.96. The van der Waals surface area contributed by atoms with Crippen LogP contribution in [-0.4, -0.2) is 56.0 Å². The Morgan fingerprint density at radius 1 is 1.24 bits per heavy atom. The summed E-state index contributed by atoms with van der Waals surface area (Å²) in [5, 5.41) is 9.53. The van der Waals surface area contributed by atoms with Gasteiger partial charge in [0.05, 0.1) is 14.2 Å². The Kier molecular flexibility index (Phi) is 5.36. The van der Waals surface area contributed by atoms with Crippen molar-refractivity contribution in [2.75, 3.05) is 33.1 Å². The van der Waals surface area contributed by atoms with Crippen molar-refractivity contribution in [1.29, 1.82) is 0 Å². The van der Waals surface area contributed by atoms with E-state index in [1.165, 1.54) is 11.8 Å². The van der Waals surface area contributed by atoms with Gasteiger partial charge in [0, 0.05) is 23.6 Å². The fraction of sp³-hybridized carbons (Fsp3) is 0.524. The van der Waals surface area contributed by atoms with Crippen LogP contribution in [0, 0.1) is 0 Å². The fourth-order valence-electron chi connectivity index (χ4n) is 5.01. The van der Waals surface area contributed by atoms with E-state index in [0.29, 0.717) is 11.9 Å². The molecule has 4 rings (SSSR count). The summed E-state index contributed by atoms with van der Waals surface area (Å²) < 4.78 is 15.7. The van der Waals surface area contributed by atoms with Crippen molar-refractivity contribution in [1.82, 2.24) is 15.4 Å². The molecule has 3 atom stereocenters. The van der Waals surface area contributed by atoms with Gasteiger partial charge >= 0.3 is 6.03 Å². The molecule has 1 aromatic heterocycles. The smallest absolute Gasteiger partial charge is 0.320 e. The molecule has 1 aliphatic carbocycles. The zero-order valence-corrected chi connectivity index (χ0v) is 17.1. The maximum Gasteiger partial charge on any atom is 0.320 e. The van der Waals surface area contributed by atoms with Crippen LogP contribution in [0.3, 0.4) is 0 Å². The van der Waals surface area contributed by atoms with Crippen LogP contribution in [0.5, 0.6) is 11.5 Å². The number of nitrogens with zero attached hydrogens (tertiary/aromatic N) is 2. The molecule has 2 aromatic rings. The number of methoxy groups -OCH3 is 2. The van der Waals surface area contributed by atoms with Gasteiger partial charge in [0.1, 0.15) is 6.26 Å². The van der Waals surface area contributed by atoms with Crippen LogP contribution in [0.1, 0.15) is 31.2 Å². The van der Waals surface area contributed by atoms with Crippen LogP contribution in [0.4, 0.5) is 10.6 Å². The molecule has 1 saturated carbocycles. The second-order valence-corrected chi connectivity index (χ2v) is 7.93. The summed E-state index contributed by atoms with van der Waals surface area (Å²) in [7, 11) is 5.50. The van der Waals surface area contributed by atoms with Crippen molar-refractivity contribution in [3.63, 3.8) is 0 Å². The van der Waals surface area contributed by atoms with E-state index in [9.17, 15) is 4.79 Å². The van der Waals surface area contributed by atoms with Crippen LogP contribution in [-0.2, 0) is 5.41 Å². The molecule has 2 fully saturated rings. The van der Waals surface area contributed by atoms with Crippen LogP contribution in [0.2, 0.25) is 0 Å². The second-order valence-electron chi connectivity index (χ2n) is 7.93. The summed E-state index contributed by atoms with van der Waals surface area (Å²) in [6.07, 6.45) is 5.36. The molecular weight excluding hydrogens is 372 g/mol. The predicted octanol–water partition coefficient (Wildman–Crippen LogP) is 3.01.